The predicted octanol–water partition coefficient (Wildman–Crippen LogP) is 3.98. The van der Waals surface area contributed by atoms with Crippen molar-refractivity contribution in [2.24, 2.45) is 0 Å². The number of benzene rings is 2. The first-order valence-electron chi connectivity index (χ1n) is 9.64. The highest BCUT2D eigenvalue weighted by Gasteiger charge is 2.13. The average molecular weight is 361 g/mol. The van der Waals surface area contributed by atoms with Crippen LogP contribution < -0.4 is 0 Å². The van der Waals surface area contributed by atoms with Gasteiger partial charge in [0.05, 0.1) is 0 Å². The SMILES string of the molecule is O=C(CCCn1cccn1)N(CCc1ccccc1)CCc1ccccc1. The van der Waals surface area contributed by atoms with E-state index in [1.165, 1.54) is 11.1 Å². The van der Waals surface area contributed by atoms with Crippen LogP contribution >= 0.6 is 0 Å². The largest absolute Gasteiger partial charge is 0.342 e. The third kappa shape index (κ3) is 6.41. The second-order valence-electron chi connectivity index (χ2n) is 6.72. The van der Waals surface area contributed by atoms with Crippen LogP contribution in [0.1, 0.15) is 24.0 Å². The van der Waals surface area contributed by atoms with Gasteiger partial charge < -0.3 is 4.90 Å². The standard InChI is InChI=1S/C23H27N3O/c27-23(13-7-17-26-18-8-16-24-26)25(19-14-21-9-3-1-4-10-21)20-15-22-11-5-2-6-12-22/h1-6,8-12,16,18H,7,13-15,17,19-20H2. The second kappa shape index (κ2) is 10.3. The second-order valence-corrected chi connectivity index (χ2v) is 6.72. The van der Waals surface area contributed by atoms with Gasteiger partial charge in [0, 0.05) is 38.4 Å². The fourth-order valence-electron chi connectivity index (χ4n) is 3.16. The summed E-state index contributed by atoms with van der Waals surface area (Å²) < 4.78 is 1.88. The van der Waals surface area contributed by atoms with E-state index in [0.29, 0.717) is 6.42 Å². The zero-order valence-electron chi connectivity index (χ0n) is 15.7. The molecule has 4 nitrogen and oxygen atoms in total. The molecule has 0 aliphatic carbocycles. The Bertz CT molecular complexity index is 742. The van der Waals surface area contributed by atoms with Gasteiger partial charge in [-0.2, -0.15) is 5.10 Å². The average Bonchev–Trinajstić information content (AvgIpc) is 3.23. The van der Waals surface area contributed by atoms with Gasteiger partial charge in [-0.15, -0.1) is 0 Å². The van der Waals surface area contributed by atoms with E-state index < -0.39 is 0 Å². The van der Waals surface area contributed by atoms with Crippen molar-refractivity contribution in [3.63, 3.8) is 0 Å². The van der Waals surface area contributed by atoms with Gasteiger partial charge in [0.1, 0.15) is 0 Å². The summed E-state index contributed by atoms with van der Waals surface area (Å²) in [6.45, 7) is 2.30. The van der Waals surface area contributed by atoms with E-state index in [-0.39, 0.29) is 5.91 Å². The minimum atomic E-state index is 0.231. The number of carbonyl (C=O) groups excluding carboxylic acids is 1. The molecule has 3 aromatic rings. The molecule has 140 valence electrons. The van der Waals surface area contributed by atoms with Crippen molar-refractivity contribution >= 4 is 5.91 Å². The van der Waals surface area contributed by atoms with Gasteiger partial charge in [0.2, 0.25) is 5.91 Å². The highest BCUT2D eigenvalue weighted by Crippen LogP contribution is 2.08. The van der Waals surface area contributed by atoms with Gasteiger partial charge in [-0.1, -0.05) is 60.7 Å². The Balaban J connectivity index is 1.54. The molecule has 3 rings (SSSR count). The van der Waals surface area contributed by atoms with Gasteiger partial charge in [-0.05, 0) is 36.5 Å². The quantitative estimate of drug-likeness (QED) is 0.548. The monoisotopic (exact) mass is 361 g/mol. The zero-order chi connectivity index (χ0) is 18.7. The third-order valence-electron chi connectivity index (χ3n) is 4.72. The van der Waals surface area contributed by atoms with Crippen LogP contribution in [-0.2, 0) is 24.2 Å². The number of hydrogen-bond donors (Lipinski definition) is 0. The van der Waals surface area contributed by atoms with Crippen molar-refractivity contribution in [1.82, 2.24) is 14.7 Å². The molecule has 27 heavy (non-hydrogen) atoms. The molecule has 0 saturated heterocycles. The fourth-order valence-corrected chi connectivity index (χ4v) is 3.16. The molecule has 0 aliphatic rings. The maximum absolute atomic E-state index is 12.8. The molecule has 0 aliphatic heterocycles. The van der Waals surface area contributed by atoms with Gasteiger partial charge in [0.15, 0.2) is 0 Å². The molecule has 0 saturated carbocycles. The van der Waals surface area contributed by atoms with Crippen molar-refractivity contribution in [1.29, 1.82) is 0 Å². The van der Waals surface area contributed by atoms with Crippen molar-refractivity contribution in [2.45, 2.75) is 32.2 Å². The first-order valence-corrected chi connectivity index (χ1v) is 9.64. The van der Waals surface area contributed by atoms with Crippen LogP contribution in [0.15, 0.2) is 79.1 Å². The molecule has 0 unspecified atom stereocenters. The Kier molecular flexibility index (Phi) is 7.22. The molecular formula is C23H27N3O. The number of amides is 1. The summed E-state index contributed by atoms with van der Waals surface area (Å²) in [5, 5.41) is 4.20. The third-order valence-corrected chi connectivity index (χ3v) is 4.72. The van der Waals surface area contributed by atoms with Crippen LogP contribution in [-0.4, -0.2) is 33.7 Å². The van der Waals surface area contributed by atoms with Crippen molar-refractivity contribution in [3.8, 4) is 0 Å². The van der Waals surface area contributed by atoms with Gasteiger partial charge >= 0.3 is 0 Å². The molecular weight excluding hydrogens is 334 g/mol. The smallest absolute Gasteiger partial charge is 0.222 e. The van der Waals surface area contributed by atoms with Crippen LogP contribution in [0.5, 0.6) is 0 Å². The summed E-state index contributed by atoms with van der Waals surface area (Å²) in [7, 11) is 0. The molecule has 0 fully saturated rings. The topological polar surface area (TPSA) is 38.1 Å². The molecule has 4 heteroatoms. The van der Waals surface area contributed by atoms with Crippen LogP contribution in [0.2, 0.25) is 0 Å². The summed E-state index contributed by atoms with van der Waals surface area (Å²) in [5.74, 6) is 0.231. The number of rotatable bonds is 10. The van der Waals surface area contributed by atoms with E-state index in [1.807, 2.05) is 34.0 Å². The maximum Gasteiger partial charge on any atom is 0.222 e. The van der Waals surface area contributed by atoms with Crippen LogP contribution in [0.3, 0.4) is 0 Å². The molecule has 0 bridgehead atoms. The van der Waals surface area contributed by atoms with Crippen molar-refractivity contribution < 1.29 is 4.79 Å². The van der Waals surface area contributed by atoms with Crippen LogP contribution in [0, 0.1) is 0 Å². The summed E-state index contributed by atoms with van der Waals surface area (Å²) in [4.78, 5) is 14.8. The molecule has 0 atom stereocenters. The van der Waals surface area contributed by atoms with E-state index in [4.69, 9.17) is 0 Å². The lowest BCUT2D eigenvalue weighted by molar-refractivity contribution is -0.131. The van der Waals surface area contributed by atoms with E-state index >= 15 is 0 Å². The van der Waals surface area contributed by atoms with E-state index in [1.54, 1.807) is 6.20 Å². The number of hydrogen-bond acceptors (Lipinski definition) is 2. The number of nitrogens with zero attached hydrogens (tertiary/aromatic N) is 3. The van der Waals surface area contributed by atoms with E-state index in [2.05, 4.69) is 53.6 Å². The number of carbonyl (C=O) groups is 1. The predicted molar refractivity (Wildman–Crippen MR) is 108 cm³/mol. The maximum atomic E-state index is 12.8. The first-order chi connectivity index (χ1) is 13.3. The minimum absolute atomic E-state index is 0.231. The van der Waals surface area contributed by atoms with E-state index in [9.17, 15) is 4.79 Å². The molecule has 0 radical (unpaired) electrons. The minimum Gasteiger partial charge on any atom is -0.342 e. The number of aromatic nitrogens is 2. The highest BCUT2D eigenvalue weighted by molar-refractivity contribution is 5.76. The first kappa shape index (κ1) is 18.9. The fraction of sp³-hybridized carbons (Fsp3) is 0.304. The van der Waals surface area contributed by atoms with Gasteiger partial charge in [-0.3, -0.25) is 9.48 Å². The Labute approximate surface area is 161 Å². The summed E-state index contributed by atoms with van der Waals surface area (Å²) in [5.41, 5.74) is 2.54. The molecule has 2 aromatic carbocycles. The Morgan fingerprint density at radius 1 is 0.852 bits per heavy atom. The molecule has 0 spiro atoms. The Morgan fingerprint density at radius 3 is 1.96 bits per heavy atom. The lowest BCUT2D eigenvalue weighted by Gasteiger charge is -2.23. The molecule has 1 aromatic heterocycles. The van der Waals surface area contributed by atoms with Gasteiger partial charge in [0.25, 0.3) is 0 Å². The number of aryl methyl sites for hydroxylation is 1. The molecule has 1 amide bonds. The zero-order valence-corrected chi connectivity index (χ0v) is 15.7. The summed E-state index contributed by atoms with van der Waals surface area (Å²) in [6.07, 6.45) is 6.86. The van der Waals surface area contributed by atoms with E-state index in [0.717, 1.165) is 38.9 Å². The molecule has 1 heterocycles. The van der Waals surface area contributed by atoms with Gasteiger partial charge in [-0.25, -0.2) is 0 Å². The Morgan fingerprint density at radius 2 is 1.44 bits per heavy atom. The van der Waals surface area contributed by atoms with Crippen LogP contribution in [0.4, 0.5) is 0 Å². The van der Waals surface area contributed by atoms with Crippen molar-refractivity contribution in [3.05, 3.63) is 90.3 Å². The van der Waals surface area contributed by atoms with Crippen LogP contribution in [0.25, 0.3) is 0 Å². The Hall–Kier alpha value is -2.88. The molecule has 0 N–H and O–H groups in total. The summed E-state index contributed by atoms with van der Waals surface area (Å²) in [6, 6.07) is 22.7. The normalized spacial score (nSPS) is 10.7. The lowest BCUT2D eigenvalue weighted by atomic mass is 10.1. The lowest BCUT2D eigenvalue weighted by Crippen LogP contribution is -2.34. The van der Waals surface area contributed by atoms with Crippen molar-refractivity contribution in [2.75, 3.05) is 13.1 Å². The summed E-state index contributed by atoms with van der Waals surface area (Å²) >= 11 is 0. The highest BCUT2D eigenvalue weighted by atomic mass is 16.2.